The molecule has 1 aromatic carbocycles. The van der Waals surface area contributed by atoms with Crippen LogP contribution in [0, 0.1) is 0 Å². The molecule has 0 bridgehead atoms. The molecule has 1 amide bonds. The number of β-amino-alcohol motifs (C(OH)–C–C–N with tert-alkyl or cyclic N) is 1. The Balaban J connectivity index is 2.12. The molecule has 1 aromatic rings. The van der Waals surface area contributed by atoms with Crippen molar-refractivity contribution in [2.45, 2.75) is 19.4 Å². The first-order valence-corrected chi connectivity index (χ1v) is 5.66. The number of rotatable bonds is 2. The summed E-state index contributed by atoms with van der Waals surface area (Å²) >= 11 is 0. The van der Waals surface area contributed by atoms with E-state index in [-0.39, 0.29) is 11.7 Å². The van der Waals surface area contributed by atoms with Gasteiger partial charge >= 0.3 is 0 Å². The van der Waals surface area contributed by atoms with Crippen LogP contribution in [-0.4, -0.2) is 40.9 Å². The van der Waals surface area contributed by atoms with Gasteiger partial charge < -0.3 is 10.0 Å². The second-order valence-electron chi connectivity index (χ2n) is 4.33. The van der Waals surface area contributed by atoms with Gasteiger partial charge in [-0.2, -0.15) is 0 Å². The highest BCUT2D eigenvalue weighted by Gasteiger charge is 2.25. The molecule has 0 aliphatic carbocycles. The molecule has 1 N–H and O–H groups in total. The highest BCUT2D eigenvalue weighted by atomic mass is 16.3. The Kier molecular flexibility index (Phi) is 3.24. The van der Waals surface area contributed by atoms with E-state index in [0.717, 1.165) is 0 Å². The zero-order chi connectivity index (χ0) is 12.4. The van der Waals surface area contributed by atoms with E-state index in [2.05, 4.69) is 0 Å². The first-order valence-electron chi connectivity index (χ1n) is 5.66. The predicted octanol–water partition coefficient (Wildman–Crippen LogP) is 1.10. The number of Topliss-reactive ketones (excluding diaryl/α,β-unsaturated/α-hetero) is 1. The monoisotopic (exact) mass is 233 g/mol. The maximum atomic E-state index is 12.0. The maximum Gasteiger partial charge on any atom is 0.253 e. The fraction of sp³-hybridized carbons (Fsp3) is 0.385. The van der Waals surface area contributed by atoms with Gasteiger partial charge in [0, 0.05) is 24.2 Å². The van der Waals surface area contributed by atoms with Gasteiger partial charge in [-0.1, -0.05) is 12.1 Å². The molecule has 2 rings (SSSR count). The van der Waals surface area contributed by atoms with Crippen LogP contribution in [0.4, 0.5) is 0 Å². The molecule has 4 nitrogen and oxygen atoms in total. The smallest absolute Gasteiger partial charge is 0.253 e. The summed E-state index contributed by atoms with van der Waals surface area (Å²) in [5.74, 6) is -0.0998. The van der Waals surface area contributed by atoms with E-state index in [1.54, 1.807) is 29.2 Å². The molecule has 1 heterocycles. The molecule has 1 aliphatic heterocycles. The molecule has 0 unspecified atom stereocenters. The molecular weight excluding hydrogens is 218 g/mol. The maximum absolute atomic E-state index is 12.0. The quantitative estimate of drug-likeness (QED) is 0.778. The van der Waals surface area contributed by atoms with Crippen LogP contribution in [0.25, 0.3) is 0 Å². The number of nitrogens with zero attached hydrogens (tertiary/aromatic N) is 1. The minimum Gasteiger partial charge on any atom is -0.391 e. The summed E-state index contributed by atoms with van der Waals surface area (Å²) in [7, 11) is 0. The molecule has 1 aliphatic rings. The lowest BCUT2D eigenvalue weighted by molar-refractivity contribution is 0.0764. The average molecular weight is 233 g/mol. The van der Waals surface area contributed by atoms with Gasteiger partial charge in [0.2, 0.25) is 0 Å². The van der Waals surface area contributed by atoms with Crippen LogP contribution >= 0.6 is 0 Å². The van der Waals surface area contributed by atoms with Crippen molar-refractivity contribution >= 4 is 11.7 Å². The third-order valence-corrected chi connectivity index (χ3v) is 2.99. The number of benzene rings is 1. The molecule has 4 heteroatoms. The van der Waals surface area contributed by atoms with E-state index in [0.29, 0.717) is 30.6 Å². The number of aliphatic hydroxyl groups excluding tert-OH is 1. The van der Waals surface area contributed by atoms with Crippen LogP contribution in [0.15, 0.2) is 24.3 Å². The van der Waals surface area contributed by atoms with Crippen molar-refractivity contribution in [2.24, 2.45) is 0 Å². The topological polar surface area (TPSA) is 57.6 Å². The van der Waals surface area contributed by atoms with Gasteiger partial charge in [0.05, 0.1) is 6.10 Å². The number of ketones is 1. The van der Waals surface area contributed by atoms with E-state index in [9.17, 15) is 14.7 Å². The predicted molar refractivity (Wildman–Crippen MR) is 63.0 cm³/mol. The minimum absolute atomic E-state index is 0.0133. The Labute approximate surface area is 99.9 Å². The first-order chi connectivity index (χ1) is 8.08. The lowest BCUT2D eigenvalue weighted by Crippen LogP contribution is -2.29. The van der Waals surface area contributed by atoms with Gasteiger partial charge in [-0.3, -0.25) is 9.59 Å². The minimum atomic E-state index is -0.407. The van der Waals surface area contributed by atoms with Gasteiger partial charge in [0.1, 0.15) is 0 Å². The Morgan fingerprint density at radius 1 is 1.24 bits per heavy atom. The third kappa shape index (κ3) is 2.53. The number of hydrogen-bond donors (Lipinski definition) is 1. The third-order valence-electron chi connectivity index (χ3n) is 2.99. The summed E-state index contributed by atoms with van der Waals surface area (Å²) < 4.78 is 0. The van der Waals surface area contributed by atoms with E-state index in [1.807, 2.05) is 0 Å². The Bertz CT molecular complexity index is 438. The summed E-state index contributed by atoms with van der Waals surface area (Å²) in [5.41, 5.74) is 1.16. The molecule has 0 radical (unpaired) electrons. The number of carbonyl (C=O) groups is 2. The number of hydrogen-bond acceptors (Lipinski definition) is 3. The standard InChI is InChI=1S/C13H15NO3/c1-9(15)10-2-4-11(5-3-10)13(17)14-7-6-12(16)8-14/h2-5,12,16H,6-8H2,1H3/t12-/m0/s1. The largest absolute Gasteiger partial charge is 0.391 e. The Morgan fingerprint density at radius 2 is 1.82 bits per heavy atom. The highest BCUT2D eigenvalue weighted by Crippen LogP contribution is 2.14. The van der Waals surface area contributed by atoms with E-state index in [4.69, 9.17) is 0 Å². The number of aliphatic hydroxyl groups is 1. The molecular formula is C13H15NO3. The first kappa shape index (κ1) is 11.8. The Morgan fingerprint density at radius 3 is 2.29 bits per heavy atom. The number of carbonyl (C=O) groups excluding carboxylic acids is 2. The van der Waals surface area contributed by atoms with Crippen LogP contribution in [-0.2, 0) is 0 Å². The van der Waals surface area contributed by atoms with Gasteiger partial charge in [-0.05, 0) is 25.5 Å². The summed E-state index contributed by atoms with van der Waals surface area (Å²) in [6.45, 7) is 2.48. The highest BCUT2D eigenvalue weighted by molar-refractivity contribution is 5.97. The van der Waals surface area contributed by atoms with E-state index in [1.165, 1.54) is 6.92 Å². The van der Waals surface area contributed by atoms with Crippen molar-refractivity contribution < 1.29 is 14.7 Å². The Hall–Kier alpha value is -1.68. The fourth-order valence-corrected chi connectivity index (χ4v) is 1.96. The summed E-state index contributed by atoms with van der Waals surface area (Å²) in [5, 5.41) is 9.37. The van der Waals surface area contributed by atoms with Crippen molar-refractivity contribution in [1.82, 2.24) is 4.90 Å². The molecule has 17 heavy (non-hydrogen) atoms. The number of amides is 1. The SMILES string of the molecule is CC(=O)c1ccc(C(=O)N2CC[C@H](O)C2)cc1. The molecule has 1 atom stereocenters. The molecule has 1 fully saturated rings. The fourth-order valence-electron chi connectivity index (χ4n) is 1.96. The summed E-state index contributed by atoms with van der Waals surface area (Å²) in [6, 6.07) is 6.62. The van der Waals surface area contributed by atoms with Crippen LogP contribution in [0.1, 0.15) is 34.1 Å². The van der Waals surface area contributed by atoms with Crippen molar-refractivity contribution in [3.05, 3.63) is 35.4 Å². The lowest BCUT2D eigenvalue weighted by Gasteiger charge is -2.15. The van der Waals surface area contributed by atoms with Crippen LogP contribution < -0.4 is 0 Å². The van der Waals surface area contributed by atoms with Crippen LogP contribution in [0.5, 0.6) is 0 Å². The second-order valence-corrected chi connectivity index (χ2v) is 4.33. The molecule has 90 valence electrons. The zero-order valence-electron chi connectivity index (χ0n) is 9.72. The number of likely N-dealkylation sites (tertiary alicyclic amines) is 1. The average Bonchev–Trinajstić information content (AvgIpc) is 2.75. The van der Waals surface area contributed by atoms with Gasteiger partial charge in [-0.25, -0.2) is 0 Å². The van der Waals surface area contributed by atoms with Gasteiger partial charge in [0.25, 0.3) is 5.91 Å². The zero-order valence-corrected chi connectivity index (χ0v) is 9.72. The summed E-state index contributed by atoms with van der Waals surface area (Å²) in [4.78, 5) is 24.7. The molecule has 0 aromatic heterocycles. The molecule has 1 saturated heterocycles. The summed E-state index contributed by atoms with van der Waals surface area (Å²) in [6.07, 6.45) is 0.229. The van der Waals surface area contributed by atoms with Crippen LogP contribution in [0.3, 0.4) is 0 Å². The van der Waals surface area contributed by atoms with Crippen molar-refractivity contribution in [2.75, 3.05) is 13.1 Å². The molecule has 0 spiro atoms. The molecule has 0 saturated carbocycles. The van der Waals surface area contributed by atoms with E-state index < -0.39 is 6.10 Å². The second kappa shape index (κ2) is 4.67. The van der Waals surface area contributed by atoms with E-state index >= 15 is 0 Å². The van der Waals surface area contributed by atoms with Crippen LogP contribution in [0.2, 0.25) is 0 Å². The van der Waals surface area contributed by atoms with Gasteiger partial charge in [0.15, 0.2) is 5.78 Å². The van der Waals surface area contributed by atoms with Crippen molar-refractivity contribution in [3.63, 3.8) is 0 Å². The van der Waals surface area contributed by atoms with Gasteiger partial charge in [-0.15, -0.1) is 0 Å². The normalized spacial score (nSPS) is 19.4. The van der Waals surface area contributed by atoms with Crippen molar-refractivity contribution in [3.8, 4) is 0 Å². The van der Waals surface area contributed by atoms with Crippen molar-refractivity contribution in [1.29, 1.82) is 0 Å². The lowest BCUT2D eigenvalue weighted by atomic mass is 10.1.